The molecule has 0 spiro atoms. The molecule has 0 saturated heterocycles. The van der Waals surface area contributed by atoms with Crippen LogP contribution in [-0.4, -0.2) is 89.9 Å². The monoisotopic (exact) mass is 610 g/mol. The van der Waals surface area contributed by atoms with E-state index in [1.54, 1.807) is 33.4 Å². The number of hydrogen-bond acceptors (Lipinski definition) is 12. The van der Waals surface area contributed by atoms with Gasteiger partial charge in [-0.1, -0.05) is 0 Å². The first-order valence-corrected chi connectivity index (χ1v) is 12.8. The number of ether oxygens (including phenoxy) is 2. The molecule has 2 aromatic rings. The summed E-state index contributed by atoms with van der Waals surface area (Å²) in [4.78, 5) is 30.9. The molecule has 44 heavy (non-hydrogen) atoms. The van der Waals surface area contributed by atoms with Crippen LogP contribution in [0.25, 0.3) is 11.3 Å². The van der Waals surface area contributed by atoms with Crippen LogP contribution in [0.1, 0.15) is 17.4 Å². The molecule has 1 aliphatic heterocycles. The van der Waals surface area contributed by atoms with Crippen molar-refractivity contribution < 1.29 is 33.7 Å². The lowest BCUT2D eigenvalue weighted by Crippen LogP contribution is -2.52. The van der Waals surface area contributed by atoms with Gasteiger partial charge in [-0.15, -0.1) is 0 Å². The Morgan fingerprint density at radius 3 is 2.61 bits per heavy atom. The number of aryl methyl sites for hydroxylation is 1. The van der Waals surface area contributed by atoms with Crippen molar-refractivity contribution in [1.29, 1.82) is 5.41 Å². The molecule has 0 atom stereocenters. The maximum Gasteiger partial charge on any atom is 0.274 e. The highest BCUT2D eigenvalue weighted by molar-refractivity contribution is 6.14. The molecule has 2 radical (unpaired) electrons. The normalized spacial score (nSPS) is 13.5. The highest BCUT2D eigenvalue weighted by Gasteiger charge is 2.27. The van der Waals surface area contributed by atoms with E-state index in [9.17, 15) is 19.8 Å². The summed E-state index contributed by atoms with van der Waals surface area (Å²) in [5.74, 6) is -5.26. The summed E-state index contributed by atoms with van der Waals surface area (Å²) in [6.07, 6.45) is 3.89. The van der Waals surface area contributed by atoms with E-state index in [1.807, 2.05) is 0 Å². The molecule has 232 valence electrons. The zero-order valence-corrected chi connectivity index (χ0v) is 24.5. The Hall–Kier alpha value is -5.36. The van der Waals surface area contributed by atoms with Gasteiger partial charge in [0.05, 0.1) is 30.8 Å². The number of rotatable bonds is 11. The number of carbonyl (C=O) groups excluding carboxylic acids is 2. The van der Waals surface area contributed by atoms with Crippen LogP contribution in [0.4, 0.5) is 10.1 Å². The number of amides is 2. The Bertz CT molecular complexity index is 1580. The van der Waals surface area contributed by atoms with Gasteiger partial charge in [-0.2, -0.15) is 5.10 Å². The van der Waals surface area contributed by atoms with Crippen molar-refractivity contribution >= 4 is 37.1 Å². The Kier molecular flexibility index (Phi) is 10.4. The molecule has 0 saturated carbocycles. The molecule has 0 unspecified atom stereocenters. The van der Waals surface area contributed by atoms with Crippen LogP contribution in [0.3, 0.4) is 0 Å². The highest BCUT2D eigenvalue weighted by Crippen LogP contribution is 2.38. The van der Waals surface area contributed by atoms with Crippen LogP contribution >= 0.6 is 0 Å². The summed E-state index contributed by atoms with van der Waals surface area (Å²) in [5, 5.41) is 35.6. The van der Waals surface area contributed by atoms with E-state index in [0.717, 1.165) is 12.1 Å². The van der Waals surface area contributed by atoms with E-state index >= 15 is 4.39 Å². The second kappa shape index (κ2) is 13.7. The van der Waals surface area contributed by atoms with Crippen molar-refractivity contribution in [2.75, 3.05) is 33.1 Å². The van der Waals surface area contributed by atoms with Crippen LogP contribution in [0.2, 0.25) is 0 Å². The summed E-state index contributed by atoms with van der Waals surface area (Å²) in [5.41, 5.74) is 11.3. The predicted octanol–water partition coefficient (Wildman–Crippen LogP) is -0.683. The molecule has 1 aromatic carbocycles. The molecular formula is C26H32BFN10O6. The number of hydrogen-bond donors (Lipinski definition) is 8. The van der Waals surface area contributed by atoms with Crippen LogP contribution in [-0.2, 0) is 16.6 Å². The van der Waals surface area contributed by atoms with Crippen molar-refractivity contribution in [3.8, 4) is 17.0 Å². The number of aromatic nitrogens is 2. The molecule has 3 rings (SSSR count). The molecule has 16 nitrogen and oxygen atoms in total. The van der Waals surface area contributed by atoms with Gasteiger partial charge in [0, 0.05) is 44.9 Å². The fourth-order valence-corrected chi connectivity index (χ4v) is 3.82. The lowest BCUT2D eigenvalue weighted by atomic mass is 10.0. The Balaban J connectivity index is 2.11. The molecular weight excluding hydrogens is 578 g/mol. The van der Waals surface area contributed by atoms with E-state index < -0.39 is 17.5 Å². The van der Waals surface area contributed by atoms with E-state index in [4.69, 9.17) is 28.5 Å². The number of nitrogens with two attached hydrogens (primary N) is 1. The van der Waals surface area contributed by atoms with Crippen molar-refractivity contribution in [1.82, 2.24) is 30.8 Å². The Morgan fingerprint density at radius 1 is 1.30 bits per heavy atom. The smallest absolute Gasteiger partial charge is 0.274 e. The van der Waals surface area contributed by atoms with Gasteiger partial charge in [0.25, 0.3) is 11.8 Å². The number of aliphatic hydroxyl groups is 2. The van der Waals surface area contributed by atoms with E-state index in [1.165, 1.54) is 41.0 Å². The average molecular weight is 610 g/mol. The topological polar surface area (TPSA) is 224 Å². The summed E-state index contributed by atoms with van der Waals surface area (Å²) in [6.45, 7) is 2.00. The number of anilines is 1. The number of allylic oxidation sites excluding steroid dienone is 1. The molecule has 0 aliphatic carbocycles. The first-order valence-electron chi connectivity index (χ1n) is 12.8. The summed E-state index contributed by atoms with van der Waals surface area (Å²) >= 11 is 0. The number of aliphatic imine (C=N–C) groups is 1. The van der Waals surface area contributed by atoms with Crippen LogP contribution in [0.5, 0.6) is 5.75 Å². The number of nitrogens with one attached hydrogen (secondary N) is 5. The van der Waals surface area contributed by atoms with Crippen molar-refractivity contribution in [3.63, 3.8) is 0 Å². The molecule has 9 N–H and O–H groups in total. The number of amidine groups is 1. The number of carbonyl (C=O) groups is 2. The molecule has 2 amide bonds. The number of hydrazine groups is 1. The van der Waals surface area contributed by atoms with Gasteiger partial charge in [0.1, 0.15) is 28.9 Å². The molecule has 1 aliphatic rings. The first kappa shape index (κ1) is 33.2. The van der Waals surface area contributed by atoms with Gasteiger partial charge in [-0.3, -0.25) is 30.5 Å². The number of halogens is 1. The second-order valence-electron chi connectivity index (χ2n) is 9.31. The fraction of sp³-hybridized carbons (Fsp3) is 0.269. The third kappa shape index (κ3) is 8.36. The average Bonchev–Trinajstić information content (AvgIpc) is 3.31. The second-order valence-corrected chi connectivity index (χ2v) is 9.31. The number of benzene rings is 1. The maximum absolute atomic E-state index is 15.0. The predicted molar refractivity (Wildman–Crippen MR) is 159 cm³/mol. The van der Waals surface area contributed by atoms with Crippen molar-refractivity contribution in [3.05, 3.63) is 65.2 Å². The fourth-order valence-electron chi connectivity index (χ4n) is 3.82. The van der Waals surface area contributed by atoms with Gasteiger partial charge >= 0.3 is 0 Å². The molecule has 1 aromatic heterocycles. The molecule has 2 heterocycles. The number of nitrogens with zero attached hydrogens (tertiary/aromatic N) is 4. The number of methoxy groups -OCH3 is 1. The third-order valence-electron chi connectivity index (χ3n) is 5.65. The van der Waals surface area contributed by atoms with Gasteiger partial charge in [0.15, 0.2) is 19.4 Å². The van der Waals surface area contributed by atoms with Gasteiger partial charge in [-0.05, 0) is 25.1 Å². The zero-order chi connectivity index (χ0) is 32.8. The summed E-state index contributed by atoms with van der Waals surface area (Å²) < 4.78 is 27.0. The minimum atomic E-state index is -3.07. The van der Waals surface area contributed by atoms with Gasteiger partial charge in [0.2, 0.25) is 5.90 Å². The summed E-state index contributed by atoms with van der Waals surface area (Å²) in [6, 6.07) is 3.73. The third-order valence-corrected chi connectivity index (χ3v) is 5.65. The highest BCUT2D eigenvalue weighted by atomic mass is 19.1. The maximum atomic E-state index is 15.0. The molecule has 0 fully saturated rings. The minimum absolute atomic E-state index is 0.0160. The van der Waals surface area contributed by atoms with Gasteiger partial charge < -0.3 is 41.0 Å². The standard InChI is InChI=1S/C26H32BFN10O6/c1-6-44-20(30)8-7-19(29)32-21-12-16(22(35-34-21)24(39)33-26(27,41)42)31-17-10-13(28)9-14(23(17)43-5)15-11-18(38(4)36-15)25(40)37(2)3/h7-12,30-31,34-35,41-42H,6H2,1-5H3,(H2,29,32)(H,33,39)/b8-7-,30-20?. The van der Waals surface area contributed by atoms with Crippen LogP contribution in [0.15, 0.2) is 58.6 Å². The summed E-state index contributed by atoms with van der Waals surface area (Å²) in [7, 11) is 11.2. The van der Waals surface area contributed by atoms with E-state index in [2.05, 4.69) is 26.3 Å². The lowest BCUT2D eigenvalue weighted by molar-refractivity contribution is -0.142. The van der Waals surface area contributed by atoms with E-state index in [0.29, 0.717) is 0 Å². The first-order chi connectivity index (χ1) is 20.6. The van der Waals surface area contributed by atoms with Gasteiger partial charge in [-0.25, -0.2) is 9.38 Å². The largest absolute Gasteiger partial charge is 0.494 e. The SMILES string of the molecule is [B]C(O)(O)NC(=O)C1=C(Nc2cc(F)cc(-c3cc(C(=O)N(C)C)n(C)n3)c2OC)C=C(/N=C(N)/C=C\C(=N)OCC)NN1. The van der Waals surface area contributed by atoms with Crippen LogP contribution < -0.4 is 32.0 Å². The van der Waals surface area contributed by atoms with Crippen molar-refractivity contribution in [2.24, 2.45) is 17.8 Å². The molecule has 18 heteroatoms. The molecule has 0 bridgehead atoms. The van der Waals surface area contributed by atoms with E-state index in [-0.39, 0.29) is 69.9 Å². The minimum Gasteiger partial charge on any atom is -0.494 e. The zero-order valence-electron chi connectivity index (χ0n) is 24.5. The van der Waals surface area contributed by atoms with Crippen molar-refractivity contribution in [2.45, 2.75) is 12.7 Å². The Morgan fingerprint density at radius 2 is 2.00 bits per heavy atom. The van der Waals surface area contributed by atoms with Crippen LogP contribution in [0, 0.1) is 11.2 Å². The Labute approximate surface area is 253 Å². The lowest BCUT2D eigenvalue weighted by Gasteiger charge is -2.25. The quantitative estimate of drug-likeness (QED) is 0.0689.